The van der Waals surface area contributed by atoms with Crippen molar-refractivity contribution in [3.05, 3.63) is 77.4 Å². The Morgan fingerprint density at radius 2 is 1.50 bits per heavy atom. The Bertz CT molecular complexity index is 1320. The molecule has 0 aliphatic carbocycles. The summed E-state index contributed by atoms with van der Waals surface area (Å²) in [6.07, 6.45) is 0.710. The molecule has 0 aliphatic heterocycles. The molecule has 192 valence electrons. The van der Waals surface area contributed by atoms with Crippen molar-refractivity contribution < 1.29 is 27.4 Å². The number of hydrogen-bond donors (Lipinski definition) is 1. The van der Waals surface area contributed by atoms with Gasteiger partial charge in [-0.25, -0.2) is 8.42 Å². The molecule has 0 saturated heterocycles. The van der Waals surface area contributed by atoms with Crippen LogP contribution in [0.1, 0.15) is 40.9 Å². The van der Waals surface area contributed by atoms with E-state index in [4.69, 9.17) is 14.2 Å². The van der Waals surface area contributed by atoms with Crippen molar-refractivity contribution in [3.8, 4) is 17.2 Å². The van der Waals surface area contributed by atoms with Crippen molar-refractivity contribution >= 4 is 21.6 Å². The Balaban J connectivity index is 1.77. The third-order valence-corrected chi connectivity index (χ3v) is 7.82. The van der Waals surface area contributed by atoms with Gasteiger partial charge in [0.15, 0.2) is 11.5 Å². The number of aryl methyl sites for hydroxylation is 1. The smallest absolute Gasteiger partial charge is 0.264 e. The van der Waals surface area contributed by atoms with Gasteiger partial charge in [-0.05, 0) is 66.9 Å². The number of nitrogens with one attached hydrogen (secondary N) is 1. The summed E-state index contributed by atoms with van der Waals surface area (Å²) in [4.78, 5) is 13.0. The fraction of sp³-hybridized carbons (Fsp3) is 0.296. The quantitative estimate of drug-likeness (QED) is 0.422. The zero-order valence-corrected chi connectivity index (χ0v) is 22.2. The number of methoxy groups -OCH3 is 3. The van der Waals surface area contributed by atoms with E-state index < -0.39 is 10.0 Å². The summed E-state index contributed by atoms with van der Waals surface area (Å²) < 4.78 is 43.2. The molecule has 0 heterocycles. The molecule has 1 N–H and O–H groups in total. The molecule has 0 bridgehead atoms. The van der Waals surface area contributed by atoms with Gasteiger partial charge in [-0.15, -0.1) is 0 Å². The van der Waals surface area contributed by atoms with Gasteiger partial charge in [-0.3, -0.25) is 9.10 Å². The zero-order chi connectivity index (χ0) is 26.5. The van der Waals surface area contributed by atoms with Crippen LogP contribution in [-0.4, -0.2) is 42.7 Å². The van der Waals surface area contributed by atoms with Crippen molar-refractivity contribution in [2.75, 3.05) is 32.7 Å². The predicted molar refractivity (Wildman–Crippen MR) is 140 cm³/mol. The predicted octanol–water partition coefficient (Wildman–Crippen LogP) is 4.73. The van der Waals surface area contributed by atoms with Gasteiger partial charge in [-0.2, -0.15) is 0 Å². The lowest BCUT2D eigenvalue weighted by Crippen LogP contribution is -2.29. The van der Waals surface area contributed by atoms with Crippen molar-refractivity contribution in [3.63, 3.8) is 0 Å². The molecule has 0 fully saturated rings. The highest BCUT2D eigenvalue weighted by molar-refractivity contribution is 7.92. The Morgan fingerprint density at radius 3 is 2.06 bits per heavy atom. The largest absolute Gasteiger partial charge is 0.496 e. The lowest BCUT2D eigenvalue weighted by atomic mass is 10.0. The normalized spacial score (nSPS) is 11.9. The fourth-order valence-electron chi connectivity index (χ4n) is 3.88. The fourth-order valence-corrected chi connectivity index (χ4v) is 5.09. The summed E-state index contributed by atoms with van der Waals surface area (Å²) >= 11 is 0. The number of nitrogens with zero attached hydrogens (tertiary/aromatic N) is 1. The molecule has 1 amide bonds. The van der Waals surface area contributed by atoms with Gasteiger partial charge in [0.25, 0.3) is 15.9 Å². The molecule has 3 rings (SSSR count). The number of hydrogen-bond acceptors (Lipinski definition) is 6. The summed E-state index contributed by atoms with van der Waals surface area (Å²) in [7, 11) is 2.15. The highest BCUT2D eigenvalue weighted by atomic mass is 32.2. The zero-order valence-electron chi connectivity index (χ0n) is 21.4. The number of amides is 1. The van der Waals surface area contributed by atoms with Crippen LogP contribution in [0.4, 0.5) is 5.69 Å². The van der Waals surface area contributed by atoms with E-state index in [1.54, 1.807) is 37.4 Å². The molecule has 3 aromatic rings. The SMILES string of the molecule is CC[C@@H](NC(=O)c1ccc(N(C)S(=O)(=O)c2ccc(OC)c(OC)c2)cc1)c1ccc(OC)c(C)c1. The Morgan fingerprint density at radius 1 is 0.889 bits per heavy atom. The summed E-state index contributed by atoms with van der Waals surface area (Å²) in [6, 6.07) is 16.5. The third-order valence-electron chi connectivity index (χ3n) is 6.04. The van der Waals surface area contributed by atoms with Gasteiger partial charge in [0.1, 0.15) is 5.75 Å². The minimum Gasteiger partial charge on any atom is -0.496 e. The number of carbonyl (C=O) groups excluding carboxylic acids is 1. The molecule has 3 aromatic carbocycles. The first-order valence-corrected chi connectivity index (χ1v) is 12.9. The van der Waals surface area contributed by atoms with Gasteiger partial charge < -0.3 is 19.5 Å². The lowest BCUT2D eigenvalue weighted by molar-refractivity contribution is 0.0935. The maximum Gasteiger partial charge on any atom is 0.264 e. The van der Waals surface area contributed by atoms with E-state index >= 15 is 0 Å². The Kier molecular flexibility index (Phi) is 8.47. The van der Waals surface area contributed by atoms with Crippen LogP contribution in [-0.2, 0) is 10.0 Å². The molecule has 0 saturated carbocycles. The van der Waals surface area contributed by atoms with Gasteiger partial charge in [-0.1, -0.05) is 19.1 Å². The standard InChI is InChI=1S/C27H32N2O6S/c1-7-23(20-10-14-24(33-4)18(2)16-20)28-27(30)19-8-11-21(12-9-19)29(3)36(31,32)22-13-15-25(34-5)26(17-22)35-6/h8-17,23H,7H2,1-6H3,(H,28,30)/t23-/m1/s1. The minimum absolute atomic E-state index is 0.0602. The molecular formula is C27H32N2O6S. The Hall–Kier alpha value is -3.72. The Labute approximate surface area is 212 Å². The van der Waals surface area contributed by atoms with Crippen LogP contribution in [0.3, 0.4) is 0 Å². The first kappa shape index (κ1) is 26.9. The first-order valence-electron chi connectivity index (χ1n) is 11.4. The van der Waals surface area contributed by atoms with Crippen LogP contribution in [0.2, 0.25) is 0 Å². The van der Waals surface area contributed by atoms with Gasteiger partial charge >= 0.3 is 0 Å². The van der Waals surface area contributed by atoms with Crippen LogP contribution in [0.5, 0.6) is 17.2 Å². The van der Waals surface area contributed by atoms with Crippen LogP contribution in [0, 0.1) is 6.92 Å². The lowest BCUT2D eigenvalue weighted by Gasteiger charge is -2.21. The highest BCUT2D eigenvalue weighted by Gasteiger charge is 2.23. The molecule has 0 radical (unpaired) electrons. The molecule has 0 aliphatic rings. The van der Waals surface area contributed by atoms with E-state index in [9.17, 15) is 13.2 Å². The minimum atomic E-state index is -3.86. The number of anilines is 1. The highest BCUT2D eigenvalue weighted by Crippen LogP contribution is 2.32. The van der Waals surface area contributed by atoms with E-state index in [2.05, 4.69) is 5.32 Å². The van der Waals surface area contributed by atoms with E-state index in [0.29, 0.717) is 29.2 Å². The van der Waals surface area contributed by atoms with E-state index in [0.717, 1.165) is 21.2 Å². The van der Waals surface area contributed by atoms with Crippen molar-refractivity contribution in [2.45, 2.75) is 31.2 Å². The maximum absolute atomic E-state index is 13.2. The second-order valence-electron chi connectivity index (χ2n) is 8.20. The van der Waals surface area contributed by atoms with Gasteiger partial charge in [0.05, 0.1) is 38.0 Å². The molecule has 9 heteroatoms. The molecule has 1 atom stereocenters. The third kappa shape index (κ3) is 5.57. The topological polar surface area (TPSA) is 94.2 Å². The summed E-state index contributed by atoms with van der Waals surface area (Å²) in [5.74, 6) is 1.30. The number of ether oxygens (including phenoxy) is 3. The van der Waals surface area contributed by atoms with E-state index in [1.807, 2.05) is 32.0 Å². The van der Waals surface area contributed by atoms with Crippen LogP contribution in [0.25, 0.3) is 0 Å². The molecule has 0 spiro atoms. The summed E-state index contributed by atoms with van der Waals surface area (Å²) in [5, 5.41) is 3.05. The second kappa shape index (κ2) is 11.3. The average molecular weight is 513 g/mol. The molecular weight excluding hydrogens is 480 g/mol. The molecule has 36 heavy (non-hydrogen) atoms. The first-order chi connectivity index (χ1) is 17.2. The van der Waals surface area contributed by atoms with Crippen molar-refractivity contribution in [1.82, 2.24) is 5.32 Å². The van der Waals surface area contributed by atoms with Crippen molar-refractivity contribution in [2.24, 2.45) is 0 Å². The summed E-state index contributed by atoms with van der Waals surface area (Å²) in [5.41, 5.74) is 2.82. The molecule has 0 aromatic heterocycles. The number of rotatable bonds is 10. The van der Waals surface area contributed by atoms with Gasteiger partial charge in [0, 0.05) is 18.7 Å². The molecule has 0 unspecified atom stereocenters. The van der Waals surface area contributed by atoms with Crippen LogP contribution < -0.4 is 23.8 Å². The monoisotopic (exact) mass is 512 g/mol. The number of sulfonamides is 1. The maximum atomic E-state index is 13.2. The number of carbonyl (C=O) groups is 1. The molecule has 8 nitrogen and oxygen atoms in total. The van der Waals surface area contributed by atoms with Crippen LogP contribution in [0.15, 0.2) is 65.6 Å². The van der Waals surface area contributed by atoms with Crippen LogP contribution >= 0.6 is 0 Å². The van der Waals surface area contributed by atoms with Crippen molar-refractivity contribution in [1.29, 1.82) is 0 Å². The second-order valence-corrected chi connectivity index (χ2v) is 10.2. The van der Waals surface area contributed by atoms with E-state index in [1.165, 1.54) is 33.4 Å². The van der Waals surface area contributed by atoms with E-state index in [-0.39, 0.29) is 16.8 Å². The summed E-state index contributed by atoms with van der Waals surface area (Å²) in [6.45, 7) is 3.96. The number of benzene rings is 3. The van der Waals surface area contributed by atoms with Gasteiger partial charge in [0.2, 0.25) is 0 Å². The average Bonchev–Trinajstić information content (AvgIpc) is 2.90.